The van der Waals surface area contributed by atoms with E-state index in [4.69, 9.17) is 4.74 Å². The molecule has 2 aromatic rings. The van der Waals surface area contributed by atoms with E-state index in [0.29, 0.717) is 22.4 Å². The number of benzene rings is 2. The summed E-state index contributed by atoms with van der Waals surface area (Å²) in [6.45, 7) is 3.64. The van der Waals surface area contributed by atoms with Crippen molar-refractivity contribution < 1.29 is 31.5 Å². The number of nitrogens with zero attached hydrogens (tertiary/aromatic N) is 2. The van der Waals surface area contributed by atoms with Crippen molar-refractivity contribution in [2.24, 2.45) is 5.10 Å². The van der Waals surface area contributed by atoms with Crippen LogP contribution >= 0.6 is 38.5 Å². The SMILES string of the molecule is CCOc1c(Br)cc(/C=C2/C(=O)N(c3c(F)c(F)c(F)c(F)c3F)N=C2C)cc1I. The Balaban J connectivity index is 2.06. The summed E-state index contributed by atoms with van der Waals surface area (Å²) < 4.78 is 75.4. The summed E-state index contributed by atoms with van der Waals surface area (Å²) in [6, 6.07) is 3.35. The molecule has 1 amide bonds. The molecular formula is C19H11BrF5IN2O2. The van der Waals surface area contributed by atoms with Gasteiger partial charge in [-0.3, -0.25) is 4.79 Å². The summed E-state index contributed by atoms with van der Waals surface area (Å²) in [4.78, 5) is 12.7. The molecule has 0 saturated carbocycles. The standard InChI is InChI=1S/C19H11BrF5IN2O2/c1-3-30-18-10(20)5-8(6-11(18)26)4-9-7(2)27-28(19(9)29)17-15(24)13(22)12(21)14(23)16(17)25/h4-6H,3H2,1-2H3/b9-4+. The summed E-state index contributed by atoms with van der Waals surface area (Å²) in [5, 5.41) is 3.87. The van der Waals surface area contributed by atoms with Crippen molar-refractivity contribution in [2.75, 3.05) is 11.6 Å². The van der Waals surface area contributed by atoms with Crippen LogP contribution in [0.5, 0.6) is 5.75 Å². The zero-order valence-electron chi connectivity index (χ0n) is 15.3. The lowest BCUT2D eigenvalue weighted by Gasteiger charge is -2.15. The molecule has 0 unspecified atom stereocenters. The quantitative estimate of drug-likeness (QED) is 0.143. The largest absolute Gasteiger partial charge is 0.492 e. The van der Waals surface area contributed by atoms with Gasteiger partial charge in [-0.1, -0.05) is 0 Å². The fourth-order valence-electron chi connectivity index (χ4n) is 2.73. The number of hydrazone groups is 1. The van der Waals surface area contributed by atoms with Gasteiger partial charge in [0.05, 0.1) is 25.9 Å². The second-order valence-electron chi connectivity index (χ2n) is 6.03. The molecule has 2 aromatic carbocycles. The van der Waals surface area contributed by atoms with Gasteiger partial charge >= 0.3 is 0 Å². The first-order valence-electron chi connectivity index (χ1n) is 8.33. The molecule has 30 heavy (non-hydrogen) atoms. The summed E-state index contributed by atoms with van der Waals surface area (Å²) in [6.07, 6.45) is 1.40. The molecular weight excluding hydrogens is 590 g/mol. The van der Waals surface area contributed by atoms with E-state index in [9.17, 15) is 26.7 Å². The van der Waals surface area contributed by atoms with Crippen LogP contribution in [0.2, 0.25) is 0 Å². The first-order valence-corrected chi connectivity index (χ1v) is 10.2. The first-order chi connectivity index (χ1) is 14.1. The third kappa shape index (κ3) is 3.84. The minimum Gasteiger partial charge on any atom is -0.492 e. The molecule has 0 radical (unpaired) electrons. The molecule has 158 valence electrons. The maximum Gasteiger partial charge on any atom is 0.280 e. The zero-order valence-corrected chi connectivity index (χ0v) is 19.0. The van der Waals surface area contributed by atoms with Gasteiger partial charge in [-0.2, -0.15) is 10.1 Å². The predicted octanol–water partition coefficient (Wildman–Crippen LogP) is 5.95. The van der Waals surface area contributed by atoms with E-state index in [2.05, 4.69) is 21.0 Å². The van der Waals surface area contributed by atoms with Crippen molar-refractivity contribution >= 4 is 61.9 Å². The van der Waals surface area contributed by atoms with Crippen molar-refractivity contribution in [2.45, 2.75) is 13.8 Å². The molecule has 0 N–H and O–H groups in total. The average Bonchev–Trinajstić information content (AvgIpc) is 2.96. The van der Waals surface area contributed by atoms with E-state index in [1.165, 1.54) is 13.0 Å². The van der Waals surface area contributed by atoms with Gasteiger partial charge in [0.15, 0.2) is 23.3 Å². The average molecular weight is 601 g/mol. The Labute approximate surface area is 189 Å². The topological polar surface area (TPSA) is 41.9 Å². The van der Waals surface area contributed by atoms with Gasteiger partial charge in [-0.05, 0) is 76.1 Å². The molecule has 0 atom stereocenters. The summed E-state index contributed by atoms with van der Waals surface area (Å²) in [5.41, 5.74) is -0.914. The van der Waals surface area contributed by atoms with Gasteiger partial charge in [0, 0.05) is 0 Å². The first kappa shape index (κ1) is 22.7. The predicted molar refractivity (Wildman–Crippen MR) is 113 cm³/mol. The molecule has 11 heteroatoms. The normalized spacial score (nSPS) is 15.2. The number of carbonyl (C=O) groups is 1. The molecule has 0 bridgehead atoms. The number of hydrogen-bond acceptors (Lipinski definition) is 3. The van der Waals surface area contributed by atoms with Gasteiger partial charge in [0.25, 0.3) is 5.91 Å². The highest BCUT2D eigenvalue weighted by molar-refractivity contribution is 14.1. The molecule has 0 spiro atoms. The fourth-order valence-corrected chi connectivity index (χ4v) is 4.50. The molecule has 0 aliphatic carbocycles. The molecule has 0 aromatic heterocycles. The summed E-state index contributed by atoms with van der Waals surface area (Å²) in [7, 11) is 0. The Bertz CT molecular complexity index is 1080. The van der Waals surface area contributed by atoms with Crippen LogP contribution in [0.15, 0.2) is 27.3 Å². The van der Waals surface area contributed by atoms with Gasteiger partial charge in [-0.25, -0.2) is 22.0 Å². The molecule has 0 saturated heterocycles. The van der Waals surface area contributed by atoms with Crippen LogP contribution in [0.25, 0.3) is 6.08 Å². The fraction of sp³-hybridized carbons (Fsp3) is 0.158. The molecule has 3 rings (SSSR count). The maximum absolute atomic E-state index is 14.1. The minimum absolute atomic E-state index is 0.0453. The van der Waals surface area contributed by atoms with Crippen LogP contribution in [-0.4, -0.2) is 18.2 Å². The molecule has 1 heterocycles. The highest BCUT2D eigenvalue weighted by Gasteiger charge is 2.37. The van der Waals surface area contributed by atoms with Crippen LogP contribution in [0.4, 0.5) is 27.6 Å². The number of halogens is 7. The van der Waals surface area contributed by atoms with Crippen molar-refractivity contribution in [3.05, 3.63) is 60.4 Å². The van der Waals surface area contributed by atoms with E-state index in [1.54, 1.807) is 12.1 Å². The maximum atomic E-state index is 14.1. The smallest absolute Gasteiger partial charge is 0.280 e. The van der Waals surface area contributed by atoms with Crippen LogP contribution < -0.4 is 9.75 Å². The number of amides is 1. The summed E-state index contributed by atoms with van der Waals surface area (Å²) in [5.74, 6) is -11.3. The Kier molecular flexibility index (Phi) is 6.51. The molecule has 1 aliphatic rings. The highest BCUT2D eigenvalue weighted by Crippen LogP contribution is 2.36. The Morgan fingerprint density at radius 1 is 1.10 bits per heavy atom. The third-order valence-electron chi connectivity index (χ3n) is 4.08. The van der Waals surface area contributed by atoms with E-state index in [1.807, 2.05) is 29.5 Å². The second-order valence-corrected chi connectivity index (χ2v) is 8.04. The molecule has 1 aliphatic heterocycles. The van der Waals surface area contributed by atoms with Gasteiger partial charge in [-0.15, -0.1) is 0 Å². The van der Waals surface area contributed by atoms with E-state index < -0.39 is 40.7 Å². The van der Waals surface area contributed by atoms with E-state index in [-0.39, 0.29) is 16.3 Å². The second kappa shape index (κ2) is 8.61. The monoisotopic (exact) mass is 600 g/mol. The number of anilines is 1. The van der Waals surface area contributed by atoms with Gasteiger partial charge in [0.2, 0.25) is 5.82 Å². The van der Waals surface area contributed by atoms with Crippen molar-refractivity contribution in [3.63, 3.8) is 0 Å². The summed E-state index contributed by atoms with van der Waals surface area (Å²) >= 11 is 5.40. The lowest BCUT2D eigenvalue weighted by molar-refractivity contribution is -0.114. The lowest BCUT2D eigenvalue weighted by atomic mass is 10.1. The molecule has 0 fully saturated rings. The minimum atomic E-state index is -2.31. The van der Waals surface area contributed by atoms with Crippen LogP contribution in [0, 0.1) is 32.7 Å². The van der Waals surface area contributed by atoms with Gasteiger partial charge in [0.1, 0.15) is 11.4 Å². The number of carbonyl (C=O) groups excluding carboxylic acids is 1. The van der Waals surface area contributed by atoms with Crippen LogP contribution in [-0.2, 0) is 4.79 Å². The number of hydrogen-bond donors (Lipinski definition) is 0. The van der Waals surface area contributed by atoms with Gasteiger partial charge < -0.3 is 4.74 Å². The molecule has 4 nitrogen and oxygen atoms in total. The number of ether oxygens (including phenoxy) is 1. The van der Waals surface area contributed by atoms with Crippen LogP contribution in [0.3, 0.4) is 0 Å². The van der Waals surface area contributed by atoms with Crippen molar-refractivity contribution in [3.8, 4) is 5.75 Å². The Hall–Kier alpha value is -2.02. The zero-order chi connectivity index (χ0) is 22.3. The Morgan fingerprint density at radius 3 is 2.20 bits per heavy atom. The Morgan fingerprint density at radius 2 is 1.67 bits per heavy atom. The van der Waals surface area contributed by atoms with Crippen LogP contribution in [0.1, 0.15) is 19.4 Å². The van der Waals surface area contributed by atoms with Crippen molar-refractivity contribution in [1.82, 2.24) is 0 Å². The third-order valence-corrected chi connectivity index (χ3v) is 5.47. The van der Waals surface area contributed by atoms with E-state index >= 15 is 0 Å². The number of rotatable bonds is 4. The lowest BCUT2D eigenvalue weighted by Crippen LogP contribution is -2.25. The van der Waals surface area contributed by atoms with E-state index in [0.717, 1.165) is 3.57 Å². The highest BCUT2D eigenvalue weighted by atomic mass is 127. The van der Waals surface area contributed by atoms with Crippen molar-refractivity contribution in [1.29, 1.82) is 0 Å².